The molecule has 1 heterocycles. The molecule has 0 unspecified atom stereocenters. The number of aromatic nitrogens is 2. The minimum Gasteiger partial charge on any atom is -0.350 e. The number of anilines is 1. The Labute approximate surface area is 141 Å². The lowest BCUT2D eigenvalue weighted by atomic mass is 10.1. The van der Waals surface area contributed by atoms with Crippen molar-refractivity contribution in [3.8, 4) is 0 Å². The molecular formula is C18H22N4O2. The van der Waals surface area contributed by atoms with Gasteiger partial charge in [-0.25, -0.2) is 0 Å². The third-order valence-corrected chi connectivity index (χ3v) is 4.25. The highest BCUT2D eigenvalue weighted by Gasteiger charge is 2.13. The summed E-state index contributed by atoms with van der Waals surface area (Å²) in [5.74, 6) is -0.321. The van der Waals surface area contributed by atoms with Crippen LogP contribution in [-0.4, -0.2) is 28.1 Å². The molecule has 6 nitrogen and oxygen atoms in total. The molecule has 2 amide bonds. The molecule has 2 aromatic rings. The third kappa shape index (κ3) is 3.64. The zero-order valence-electron chi connectivity index (χ0n) is 14.1. The maximum Gasteiger partial charge on any atom is 0.269 e. The van der Waals surface area contributed by atoms with E-state index in [2.05, 4.69) is 27.9 Å². The second-order valence-electron chi connectivity index (χ2n) is 6.19. The maximum atomic E-state index is 12.0. The van der Waals surface area contributed by atoms with Crippen LogP contribution in [0.15, 0.2) is 24.3 Å². The van der Waals surface area contributed by atoms with Gasteiger partial charge in [-0.2, -0.15) is 5.10 Å². The predicted molar refractivity (Wildman–Crippen MR) is 92.0 cm³/mol. The number of nitrogens with one attached hydrogen (secondary N) is 2. The van der Waals surface area contributed by atoms with Crippen molar-refractivity contribution in [2.75, 3.05) is 11.9 Å². The Morgan fingerprint density at radius 1 is 1.21 bits per heavy atom. The van der Waals surface area contributed by atoms with E-state index in [0.717, 1.165) is 24.2 Å². The second-order valence-corrected chi connectivity index (χ2v) is 6.19. The van der Waals surface area contributed by atoms with Crippen molar-refractivity contribution < 1.29 is 9.59 Å². The van der Waals surface area contributed by atoms with E-state index in [1.54, 1.807) is 13.1 Å². The first kappa shape index (κ1) is 16.2. The van der Waals surface area contributed by atoms with Gasteiger partial charge in [-0.3, -0.25) is 14.3 Å². The maximum absolute atomic E-state index is 12.0. The van der Waals surface area contributed by atoms with Crippen LogP contribution in [0, 0.1) is 6.92 Å². The van der Waals surface area contributed by atoms with Crippen LogP contribution in [0.25, 0.3) is 0 Å². The molecule has 0 saturated carbocycles. The number of carbonyl (C=O) groups excluding carboxylic acids is 2. The van der Waals surface area contributed by atoms with Gasteiger partial charge in [0.25, 0.3) is 5.91 Å². The average molecular weight is 326 g/mol. The van der Waals surface area contributed by atoms with E-state index < -0.39 is 0 Å². The van der Waals surface area contributed by atoms with E-state index in [9.17, 15) is 9.59 Å². The van der Waals surface area contributed by atoms with Gasteiger partial charge in [0.1, 0.15) is 5.69 Å². The molecule has 0 aliphatic heterocycles. The SMILES string of the molecule is Cc1cc(C(=O)NCCC(=O)Nc2ccc3c(c2)CCC3)n(C)n1. The lowest BCUT2D eigenvalue weighted by Crippen LogP contribution is -2.29. The van der Waals surface area contributed by atoms with E-state index in [1.165, 1.54) is 22.2 Å². The fourth-order valence-electron chi connectivity index (χ4n) is 3.08. The number of rotatable bonds is 5. The lowest BCUT2D eigenvalue weighted by Gasteiger charge is -2.08. The van der Waals surface area contributed by atoms with Crippen LogP contribution < -0.4 is 10.6 Å². The molecule has 1 aliphatic carbocycles. The summed E-state index contributed by atoms with van der Waals surface area (Å²) in [5.41, 5.74) is 4.82. The fourth-order valence-corrected chi connectivity index (χ4v) is 3.08. The van der Waals surface area contributed by atoms with Crippen molar-refractivity contribution in [2.45, 2.75) is 32.6 Å². The molecule has 0 atom stereocenters. The van der Waals surface area contributed by atoms with Crippen molar-refractivity contribution in [1.29, 1.82) is 0 Å². The number of carbonyl (C=O) groups is 2. The number of nitrogens with zero attached hydrogens (tertiary/aromatic N) is 2. The number of aryl methyl sites for hydroxylation is 4. The van der Waals surface area contributed by atoms with Gasteiger partial charge >= 0.3 is 0 Å². The second kappa shape index (κ2) is 6.86. The van der Waals surface area contributed by atoms with Crippen LogP contribution in [0.2, 0.25) is 0 Å². The fraction of sp³-hybridized carbons (Fsp3) is 0.389. The number of hydrogen-bond donors (Lipinski definition) is 2. The third-order valence-electron chi connectivity index (χ3n) is 4.25. The first-order valence-electron chi connectivity index (χ1n) is 8.23. The molecule has 2 N–H and O–H groups in total. The van der Waals surface area contributed by atoms with E-state index >= 15 is 0 Å². The topological polar surface area (TPSA) is 76.0 Å². The van der Waals surface area contributed by atoms with Crippen molar-refractivity contribution in [1.82, 2.24) is 15.1 Å². The standard InChI is InChI=1S/C18H22N4O2/c1-12-10-16(22(2)21-12)18(24)19-9-8-17(23)20-15-7-6-13-4-3-5-14(13)11-15/h6-7,10-11H,3-5,8-9H2,1-2H3,(H,19,24)(H,20,23). The van der Waals surface area contributed by atoms with Gasteiger partial charge in [0.05, 0.1) is 5.69 Å². The van der Waals surface area contributed by atoms with Crippen molar-refractivity contribution in [2.24, 2.45) is 7.05 Å². The van der Waals surface area contributed by atoms with Gasteiger partial charge in [0.15, 0.2) is 0 Å². The molecule has 3 rings (SSSR count). The normalized spacial score (nSPS) is 12.8. The molecule has 24 heavy (non-hydrogen) atoms. The summed E-state index contributed by atoms with van der Waals surface area (Å²) in [5, 5.41) is 9.78. The van der Waals surface area contributed by atoms with Crippen LogP contribution in [0.3, 0.4) is 0 Å². The number of hydrogen-bond acceptors (Lipinski definition) is 3. The Morgan fingerprint density at radius 2 is 2.00 bits per heavy atom. The molecule has 0 spiro atoms. The molecule has 0 fully saturated rings. The molecule has 1 aliphatic rings. The molecule has 0 saturated heterocycles. The van der Waals surface area contributed by atoms with E-state index in [-0.39, 0.29) is 18.2 Å². The molecule has 0 radical (unpaired) electrons. The molecule has 126 valence electrons. The number of amides is 2. The summed E-state index contributed by atoms with van der Waals surface area (Å²) in [6.45, 7) is 2.13. The van der Waals surface area contributed by atoms with Crippen LogP contribution >= 0.6 is 0 Å². The number of benzene rings is 1. The van der Waals surface area contributed by atoms with E-state index in [1.807, 2.05) is 13.0 Å². The van der Waals surface area contributed by atoms with Crippen molar-refractivity contribution in [3.63, 3.8) is 0 Å². The Bertz CT molecular complexity index is 779. The largest absolute Gasteiger partial charge is 0.350 e. The molecule has 1 aromatic heterocycles. The first-order valence-corrected chi connectivity index (χ1v) is 8.23. The highest BCUT2D eigenvalue weighted by Crippen LogP contribution is 2.24. The van der Waals surface area contributed by atoms with Crippen molar-refractivity contribution in [3.05, 3.63) is 46.8 Å². The monoisotopic (exact) mass is 326 g/mol. The van der Waals surface area contributed by atoms with Crippen LogP contribution in [0.4, 0.5) is 5.69 Å². The quantitative estimate of drug-likeness (QED) is 0.882. The van der Waals surface area contributed by atoms with E-state index in [4.69, 9.17) is 0 Å². The van der Waals surface area contributed by atoms with Gasteiger partial charge in [0.2, 0.25) is 5.91 Å². The zero-order chi connectivity index (χ0) is 17.1. The van der Waals surface area contributed by atoms with Gasteiger partial charge < -0.3 is 10.6 Å². The highest BCUT2D eigenvalue weighted by atomic mass is 16.2. The van der Waals surface area contributed by atoms with Crippen LogP contribution in [-0.2, 0) is 24.7 Å². The van der Waals surface area contributed by atoms with Crippen LogP contribution in [0.5, 0.6) is 0 Å². The van der Waals surface area contributed by atoms with Gasteiger partial charge in [-0.1, -0.05) is 6.07 Å². The number of fused-ring (bicyclic) bond motifs is 1. The Kier molecular flexibility index (Phi) is 4.64. The summed E-state index contributed by atoms with van der Waals surface area (Å²) >= 11 is 0. The Morgan fingerprint density at radius 3 is 2.75 bits per heavy atom. The Balaban J connectivity index is 1.47. The van der Waals surface area contributed by atoms with Gasteiger partial charge in [-0.05, 0) is 55.5 Å². The summed E-state index contributed by atoms with van der Waals surface area (Å²) < 4.78 is 1.54. The predicted octanol–water partition coefficient (Wildman–Crippen LogP) is 1.98. The summed E-state index contributed by atoms with van der Waals surface area (Å²) in [6.07, 6.45) is 3.63. The van der Waals surface area contributed by atoms with E-state index in [0.29, 0.717) is 12.2 Å². The first-order chi connectivity index (χ1) is 11.5. The molecular weight excluding hydrogens is 304 g/mol. The zero-order valence-corrected chi connectivity index (χ0v) is 14.1. The molecule has 0 bridgehead atoms. The van der Waals surface area contributed by atoms with Crippen molar-refractivity contribution >= 4 is 17.5 Å². The van der Waals surface area contributed by atoms with Crippen LogP contribution in [0.1, 0.15) is 40.2 Å². The van der Waals surface area contributed by atoms with Gasteiger partial charge in [0, 0.05) is 25.7 Å². The van der Waals surface area contributed by atoms with Gasteiger partial charge in [-0.15, -0.1) is 0 Å². The molecule has 6 heteroatoms. The lowest BCUT2D eigenvalue weighted by molar-refractivity contribution is -0.116. The molecule has 1 aromatic carbocycles. The Hall–Kier alpha value is -2.63. The summed E-state index contributed by atoms with van der Waals surface area (Å²) in [4.78, 5) is 24.1. The minimum atomic E-state index is -0.219. The average Bonchev–Trinajstić information content (AvgIpc) is 3.12. The summed E-state index contributed by atoms with van der Waals surface area (Å²) in [6, 6.07) is 7.81. The highest BCUT2D eigenvalue weighted by molar-refractivity contribution is 5.94. The summed E-state index contributed by atoms with van der Waals surface area (Å²) in [7, 11) is 1.72. The minimum absolute atomic E-state index is 0.102. The smallest absolute Gasteiger partial charge is 0.269 e.